The number of rotatable bonds is 3. The predicted octanol–water partition coefficient (Wildman–Crippen LogP) is 1.40. The number of nitrogens with one attached hydrogen (secondary N) is 1. The molecule has 2 rings (SSSR count). The third-order valence-corrected chi connectivity index (χ3v) is 3.72. The highest BCUT2D eigenvalue weighted by molar-refractivity contribution is 5.80. The standard InChI is InChI=1S/C14H18FNO3/c1-14(13(18)19-2)7-10(8-17)12(16-14)9-3-5-11(15)6-4-9/h3-6,10,12,16-17H,7-8H2,1-2H3/t10-,12-,14-/m0/s1. The first kappa shape index (κ1) is 14.0. The summed E-state index contributed by atoms with van der Waals surface area (Å²) < 4.78 is 17.7. The first-order chi connectivity index (χ1) is 9.00. The molecule has 1 aliphatic rings. The molecule has 19 heavy (non-hydrogen) atoms. The molecule has 4 nitrogen and oxygen atoms in total. The second kappa shape index (κ2) is 5.27. The average Bonchev–Trinajstić information content (AvgIpc) is 2.77. The molecule has 0 saturated carbocycles. The van der Waals surface area contributed by atoms with Crippen LogP contribution in [-0.2, 0) is 9.53 Å². The quantitative estimate of drug-likeness (QED) is 0.813. The topological polar surface area (TPSA) is 58.6 Å². The molecule has 0 aromatic heterocycles. The van der Waals surface area contributed by atoms with E-state index in [-0.39, 0.29) is 30.4 Å². The van der Waals surface area contributed by atoms with Gasteiger partial charge in [0.2, 0.25) is 0 Å². The van der Waals surface area contributed by atoms with Crippen molar-refractivity contribution in [1.82, 2.24) is 5.32 Å². The highest BCUT2D eigenvalue weighted by atomic mass is 19.1. The maximum atomic E-state index is 12.9. The molecule has 1 aromatic rings. The Balaban J connectivity index is 2.25. The van der Waals surface area contributed by atoms with Gasteiger partial charge in [0.05, 0.1) is 7.11 Å². The van der Waals surface area contributed by atoms with Gasteiger partial charge in [-0.15, -0.1) is 0 Å². The Morgan fingerprint density at radius 2 is 2.16 bits per heavy atom. The van der Waals surface area contributed by atoms with Crippen LogP contribution >= 0.6 is 0 Å². The van der Waals surface area contributed by atoms with Crippen LogP contribution in [0.15, 0.2) is 24.3 Å². The van der Waals surface area contributed by atoms with Gasteiger partial charge in [0.1, 0.15) is 11.4 Å². The fourth-order valence-electron chi connectivity index (χ4n) is 2.73. The highest BCUT2D eigenvalue weighted by Crippen LogP contribution is 2.38. The number of methoxy groups -OCH3 is 1. The summed E-state index contributed by atoms with van der Waals surface area (Å²) in [5, 5.41) is 12.7. The van der Waals surface area contributed by atoms with Crippen LogP contribution in [0, 0.1) is 11.7 Å². The third-order valence-electron chi connectivity index (χ3n) is 3.72. The van der Waals surface area contributed by atoms with Gasteiger partial charge in [-0.1, -0.05) is 12.1 Å². The second-order valence-electron chi connectivity index (χ2n) is 5.14. The van der Waals surface area contributed by atoms with Crippen molar-refractivity contribution < 1.29 is 19.0 Å². The van der Waals surface area contributed by atoms with Crippen LogP contribution < -0.4 is 5.32 Å². The van der Waals surface area contributed by atoms with E-state index in [0.29, 0.717) is 6.42 Å². The van der Waals surface area contributed by atoms with E-state index in [9.17, 15) is 14.3 Å². The molecule has 0 bridgehead atoms. The largest absolute Gasteiger partial charge is 0.468 e. The third kappa shape index (κ3) is 2.62. The number of carbonyl (C=O) groups excluding carboxylic acids is 1. The van der Waals surface area contributed by atoms with Crippen molar-refractivity contribution in [2.45, 2.75) is 24.9 Å². The van der Waals surface area contributed by atoms with Crippen LogP contribution in [0.5, 0.6) is 0 Å². The van der Waals surface area contributed by atoms with Gasteiger partial charge in [-0.2, -0.15) is 0 Å². The van der Waals surface area contributed by atoms with E-state index in [0.717, 1.165) is 5.56 Å². The molecule has 1 saturated heterocycles. The Bertz CT molecular complexity index is 462. The second-order valence-corrected chi connectivity index (χ2v) is 5.14. The molecule has 0 radical (unpaired) electrons. The zero-order valence-corrected chi connectivity index (χ0v) is 11.0. The van der Waals surface area contributed by atoms with E-state index in [2.05, 4.69) is 5.32 Å². The van der Waals surface area contributed by atoms with E-state index >= 15 is 0 Å². The lowest BCUT2D eigenvalue weighted by atomic mass is 9.91. The number of aliphatic hydroxyl groups excluding tert-OH is 1. The Hall–Kier alpha value is -1.46. The molecule has 0 spiro atoms. The van der Waals surface area contributed by atoms with Crippen molar-refractivity contribution in [3.63, 3.8) is 0 Å². The number of aliphatic hydroxyl groups is 1. The monoisotopic (exact) mass is 267 g/mol. The molecule has 0 amide bonds. The zero-order chi connectivity index (χ0) is 14.0. The Morgan fingerprint density at radius 1 is 1.53 bits per heavy atom. The maximum absolute atomic E-state index is 12.9. The minimum absolute atomic E-state index is 0.0401. The Morgan fingerprint density at radius 3 is 2.68 bits per heavy atom. The van der Waals surface area contributed by atoms with Gasteiger partial charge in [-0.3, -0.25) is 10.1 Å². The van der Waals surface area contributed by atoms with Gasteiger partial charge in [-0.25, -0.2) is 4.39 Å². The molecular formula is C14H18FNO3. The first-order valence-electron chi connectivity index (χ1n) is 6.22. The summed E-state index contributed by atoms with van der Waals surface area (Å²) in [5.74, 6) is -0.761. The van der Waals surface area contributed by atoms with Crippen molar-refractivity contribution in [2.24, 2.45) is 5.92 Å². The molecule has 5 heteroatoms. The molecule has 1 fully saturated rings. The number of ether oxygens (including phenoxy) is 1. The molecule has 0 unspecified atom stereocenters. The van der Waals surface area contributed by atoms with E-state index < -0.39 is 5.54 Å². The van der Waals surface area contributed by atoms with Gasteiger partial charge < -0.3 is 9.84 Å². The number of benzene rings is 1. The highest BCUT2D eigenvalue weighted by Gasteiger charge is 2.47. The van der Waals surface area contributed by atoms with Crippen LogP contribution in [0.3, 0.4) is 0 Å². The molecule has 2 N–H and O–H groups in total. The fourth-order valence-corrected chi connectivity index (χ4v) is 2.73. The number of hydrogen-bond acceptors (Lipinski definition) is 4. The number of hydrogen-bond donors (Lipinski definition) is 2. The molecular weight excluding hydrogens is 249 g/mol. The van der Waals surface area contributed by atoms with Gasteiger partial charge >= 0.3 is 5.97 Å². The summed E-state index contributed by atoms with van der Waals surface area (Å²) in [6, 6.07) is 5.89. The Kier molecular flexibility index (Phi) is 3.87. The summed E-state index contributed by atoms with van der Waals surface area (Å²) in [6.45, 7) is 1.71. The van der Waals surface area contributed by atoms with Crippen LogP contribution in [0.1, 0.15) is 24.9 Å². The van der Waals surface area contributed by atoms with E-state index in [1.54, 1.807) is 19.1 Å². The minimum Gasteiger partial charge on any atom is -0.468 e. The number of esters is 1. The molecule has 1 aliphatic heterocycles. The Labute approximate surface area is 111 Å². The summed E-state index contributed by atoms with van der Waals surface area (Å²) >= 11 is 0. The smallest absolute Gasteiger partial charge is 0.325 e. The van der Waals surface area contributed by atoms with Gasteiger partial charge in [0.15, 0.2) is 0 Å². The van der Waals surface area contributed by atoms with Crippen molar-refractivity contribution in [3.8, 4) is 0 Å². The molecule has 1 heterocycles. The van der Waals surface area contributed by atoms with Crippen LogP contribution in [0.2, 0.25) is 0 Å². The number of halogens is 1. The normalized spacial score (nSPS) is 30.3. The van der Waals surface area contributed by atoms with Crippen molar-refractivity contribution in [1.29, 1.82) is 0 Å². The van der Waals surface area contributed by atoms with Crippen molar-refractivity contribution in [3.05, 3.63) is 35.6 Å². The van der Waals surface area contributed by atoms with Crippen molar-refractivity contribution in [2.75, 3.05) is 13.7 Å². The number of carbonyl (C=O) groups is 1. The first-order valence-corrected chi connectivity index (χ1v) is 6.22. The maximum Gasteiger partial charge on any atom is 0.325 e. The molecule has 104 valence electrons. The lowest BCUT2D eigenvalue weighted by Gasteiger charge is -2.22. The van der Waals surface area contributed by atoms with Crippen molar-refractivity contribution >= 4 is 5.97 Å². The average molecular weight is 267 g/mol. The lowest BCUT2D eigenvalue weighted by molar-refractivity contribution is -0.147. The summed E-state index contributed by atoms with van der Waals surface area (Å²) in [5.41, 5.74) is 0.0364. The molecule has 0 aliphatic carbocycles. The van der Waals surface area contributed by atoms with Crippen LogP contribution in [0.25, 0.3) is 0 Å². The molecule has 3 atom stereocenters. The summed E-state index contributed by atoms with van der Waals surface area (Å²) in [6.07, 6.45) is 0.484. The predicted molar refractivity (Wildman–Crippen MR) is 67.9 cm³/mol. The minimum atomic E-state index is -0.818. The lowest BCUT2D eigenvalue weighted by Crippen LogP contribution is -2.45. The summed E-state index contributed by atoms with van der Waals surface area (Å²) in [4.78, 5) is 11.8. The fraction of sp³-hybridized carbons (Fsp3) is 0.500. The SMILES string of the molecule is COC(=O)[C@]1(C)C[C@@H](CO)[C@H](c2ccc(F)cc2)N1. The van der Waals surface area contributed by atoms with Gasteiger partial charge in [0, 0.05) is 18.6 Å². The van der Waals surface area contributed by atoms with Gasteiger partial charge in [0.25, 0.3) is 0 Å². The van der Waals surface area contributed by atoms with E-state index in [1.165, 1.54) is 19.2 Å². The van der Waals surface area contributed by atoms with E-state index in [1.807, 2.05) is 0 Å². The van der Waals surface area contributed by atoms with E-state index in [4.69, 9.17) is 4.74 Å². The van der Waals surface area contributed by atoms with Crippen LogP contribution in [-0.4, -0.2) is 30.3 Å². The van der Waals surface area contributed by atoms with Crippen LogP contribution in [0.4, 0.5) is 4.39 Å². The summed E-state index contributed by atoms with van der Waals surface area (Å²) in [7, 11) is 1.34. The zero-order valence-electron chi connectivity index (χ0n) is 11.0. The van der Waals surface area contributed by atoms with Gasteiger partial charge in [-0.05, 0) is 31.0 Å². The molecule has 1 aromatic carbocycles.